The summed E-state index contributed by atoms with van der Waals surface area (Å²) in [6, 6.07) is 9.58. The van der Waals surface area contributed by atoms with Crippen molar-refractivity contribution in [1.29, 1.82) is 0 Å². The van der Waals surface area contributed by atoms with E-state index in [1.807, 2.05) is 0 Å². The summed E-state index contributed by atoms with van der Waals surface area (Å²) >= 11 is 2.08. The quantitative estimate of drug-likeness (QED) is 0.880. The monoisotopic (exact) mass is 264 g/mol. The highest BCUT2D eigenvalue weighted by Gasteiger charge is 2.13. The SMILES string of the molecule is Cc1ccc(CN(C)CCC2CSCCN2)cc1. The molecule has 0 radical (unpaired) electrons. The van der Waals surface area contributed by atoms with Gasteiger partial charge in [0, 0.05) is 30.6 Å². The highest BCUT2D eigenvalue weighted by Crippen LogP contribution is 2.11. The molecule has 18 heavy (non-hydrogen) atoms. The number of aryl methyl sites for hydroxylation is 1. The van der Waals surface area contributed by atoms with Crippen molar-refractivity contribution >= 4 is 11.8 Å². The van der Waals surface area contributed by atoms with E-state index in [4.69, 9.17) is 0 Å². The van der Waals surface area contributed by atoms with Gasteiger partial charge in [0.25, 0.3) is 0 Å². The molecule has 1 aliphatic heterocycles. The van der Waals surface area contributed by atoms with Crippen LogP contribution in [0.2, 0.25) is 0 Å². The minimum atomic E-state index is 0.712. The predicted molar refractivity (Wildman–Crippen MR) is 81.2 cm³/mol. The lowest BCUT2D eigenvalue weighted by Gasteiger charge is -2.25. The molecule has 0 spiro atoms. The van der Waals surface area contributed by atoms with Crippen molar-refractivity contribution < 1.29 is 0 Å². The van der Waals surface area contributed by atoms with Gasteiger partial charge in [-0.25, -0.2) is 0 Å². The summed E-state index contributed by atoms with van der Waals surface area (Å²) in [6.07, 6.45) is 1.26. The fourth-order valence-corrected chi connectivity index (χ4v) is 3.26. The van der Waals surface area contributed by atoms with Gasteiger partial charge in [-0.15, -0.1) is 0 Å². The molecular weight excluding hydrogens is 240 g/mol. The normalized spacial score (nSPS) is 20.3. The number of hydrogen-bond donors (Lipinski definition) is 1. The second-order valence-corrected chi connectivity index (χ2v) is 6.39. The van der Waals surface area contributed by atoms with Crippen LogP contribution in [-0.2, 0) is 6.54 Å². The average Bonchev–Trinajstić information content (AvgIpc) is 2.40. The van der Waals surface area contributed by atoms with Gasteiger partial charge in [-0.3, -0.25) is 0 Å². The van der Waals surface area contributed by atoms with Crippen LogP contribution in [-0.4, -0.2) is 42.6 Å². The van der Waals surface area contributed by atoms with Gasteiger partial charge in [0.1, 0.15) is 0 Å². The van der Waals surface area contributed by atoms with E-state index in [2.05, 4.69) is 60.2 Å². The van der Waals surface area contributed by atoms with Crippen LogP contribution in [0.4, 0.5) is 0 Å². The van der Waals surface area contributed by atoms with Gasteiger partial charge < -0.3 is 10.2 Å². The minimum Gasteiger partial charge on any atom is -0.312 e. The Balaban J connectivity index is 1.71. The summed E-state index contributed by atoms with van der Waals surface area (Å²) < 4.78 is 0. The Hall–Kier alpha value is -0.510. The van der Waals surface area contributed by atoms with Crippen LogP contribution >= 0.6 is 11.8 Å². The standard InChI is InChI=1S/C15H24N2S/c1-13-3-5-14(6-4-13)11-17(2)9-7-15-12-18-10-8-16-15/h3-6,15-16H,7-12H2,1-2H3. The van der Waals surface area contributed by atoms with E-state index in [1.54, 1.807) is 0 Å². The first-order valence-electron chi connectivity index (χ1n) is 6.79. The van der Waals surface area contributed by atoms with Gasteiger partial charge in [0.15, 0.2) is 0 Å². The molecule has 3 heteroatoms. The Kier molecular flexibility index (Phi) is 5.54. The zero-order chi connectivity index (χ0) is 12.8. The lowest BCUT2D eigenvalue weighted by molar-refractivity contribution is 0.305. The number of hydrogen-bond acceptors (Lipinski definition) is 3. The molecule has 1 aromatic rings. The van der Waals surface area contributed by atoms with Crippen LogP contribution in [0.1, 0.15) is 17.5 Å². The molecule has 1 aromatic carbocycles. The lowest BCUT2D eigenvalue weighted by Crippen LogP contribution is -2.39. The summed E-state index contributed by atoms with van der Waals surface area (Å²) in [6.45, 7) is 5.54. The van der Waals surface area contributed by atoms with Crippen LogP contribution in [0, 0.1) is 6.92 Å². The van der Waals surface area contributed by atoms with Crippen molar-refractivity contribution in [2.75, 3.05) is 31.6 Å². The molecule has 1 atom stereocenters. The maximum absolute atomic E-state index is 3.60. The average molecular weight is 264 g/mol. The van der Waals surface area contributed by atoms with Crippen molar-refractivity contribution in [3.05, 3.63) is 35.4 Å². The topological polar surface area (TPSA) is 15.3 Å². The molecule has 0 aromatic heterocycles. The molecule has 1 unspecified atom stereocenters. The molecule has 100 valence electrons. The van der Waals surface area contributed by atoms with Gasteiger partial charge in [-0.2, -0.15) is 11.8 Å². The molecule has 0 saturated carbocycles. The van der Waals surface area contributed by atoms with E-state index >= 15 is 0 Å². The molecule has 1 saturated heterocycles. The van der Waals surface area contributed by atoms with Crippen LogP contribution in [0.5, 0.6) is 0 Å². The molecule has 0 amide bonds. The first-order chi connectivity index (χ1) is 8.74. The summed E-state index contributed by atoms with van der Waals surface area (Å²) in [4.78, 5) is 2.42. The molecular formula is C15H24N2S. The smallest absolute Gasteiger partial charge is 0.0230 e. The summed E-state index contributed by atoms with van der Waals surface area (Å²) in [5.74, 6) is 2.55. The molecule has 1 fully saturated rings. The van der Waals surface area contributed by atoms with Gasteiger partial charge >= 0.3 is 0 Å². The van der Waals surface area contributed by atoms with Crippen LogP contribution in [0.25, 0.3) is 0 Å². The van der Waals surface area contributed by atoms with E-state index in [1.165, 1.54) is 42.1 Å². The van der Waals surface area contributed by atoms with Crippen molar-refractivity contribution in [2.45, 2.75) is 25.9 Å². The predicted octanol–water partition coefficient (Wildman–Crippen LogP) is 2.52. The summed E-state index contributed by atoms with van der Waals surface area (Å²) in [5.41, 5.74) is 2.75. The second kappa shape index (κ2) is 7.17. The molecule has 1 aliphatic rings. The van der Waals surface area contributed by atoms with Gasteiger partial charge in [0.2, 0.25) is 0 Å². The molecule has 2 rings (SSSR count). The second-order valence-electron chi connectivity index (χ2n) is 5.24. The molecule has 0 aliphatic carbocycles. The van der Waals surface area contributed by atoms with E-state index in [9.17, 15) is 0 Å². The summed E-state index contributed by atoms with van der Waals surface area (Å²) in [5, 5.41) is 3.60. The molecule has 2 nitrogen and oxygen atoms in total. The highest BCUT2D eigenvalue weighted by molar-refractivity contribution is 7.99. The highest BCUT2D eigenvalue weighted by atomic mass is 32.2. The maximum Gasteiger partial charge on any atom is 0.0230 e. The van der Waals surface area contributed by atoms with Crippen molar-refractivity contribution in [3.8, 4) is 0 Å². The molecule has 0 bridgehead atoms. The fourth-order valence-electron chi connectivity index (χ4n) is 2.27. The van der Waals surface area contributed by atoms with Gasteiger partial charge in [-0.1, -0.05) is 29.8 Å². The van der Waals surface area contributed by atoms with Crippen LogP contribution in [0.3, 0.4) is 0 Å². The van der Waals surface area contributed by atoms with Gasteiger partial charge in [0.05, 0.1) is 0 Å². The van der Waals surface area contributed by atoms with E-state index in [0.717, 1.165) is 6.54 Å². The minimum absolute atomic E-state index is 0.712. The van der Waals surface area contributed by atoms with Crippen molar-refractivity contribution in [1.82, 2.24) is 10.2 Å². The van der Waals surface area contributed by atoms with E-state index in [0.29, 0.717) is 6.04 Å². The third-order valence-electron chi connectivity index (χ3n) is 3.43. The largest absolute Gasteiger partial charge is 0.312 e. The Morgan fingerprint density at radius 2 is 2.11 bits per heavy atom. The summed E-state index contributed by atoms with van der Waals surface area (Å²) in [7, 11) is 2.22. The number of thioether (sulfide) groups is 1. The maximum atomic E-state index is 3.60. The zero-order valence-electron chi connectivity index (χ0n) is 11.5. The van der Waals surface area contributed by atoms with Crippen LogP contribution < -0.4 is 5.32 Å². The Labute approximate surface area is 115 Å². The van der Waals surface area contributed by atoms with Crippen LogP contribution in [0.15, 0.2) is 24.3 Å². The van der Waals surface area contributed by atoms with E-state index in [-0.39, 0.29) is 0 Å². The Morgan fingerprint density at radius 1 is 1.33 bits per heavy atom. The zero-order valence-corrected chi connectivity index (χ0v) is 12.3. The Morgan fingerprint density at radius 3 is 2.78 bits per heavy atom. The van der Waals surface area contributed by atoms with Crippen molar-refractivity contribution in [2.24, 2.45) is 0 Å². The third kappa shape index (κ3) is 4.63. The van der Waals surface area contributed by atoms with Crippen molar-refractivity contribution in [3.63, 3.8) is 0 Å². The third-order valence-corrected chi connectivity index (χ3v) is 4.56. The number of nitrogens with zero attached hydrogens (tertiary/aromatic N) is 1. The number of rotatable bonds is 5. The van der Waals surface area contributed by atoms with E-state index < -0.39 is 0 Å². The first-order valence-corrected chi connectivity index (χ1v) is 7.95. The molecule has 1 N–H and O–H groups in total. The van der Waals surface area contributed by atoms with Gasteiger partial charge in [-0.05, 0) is 32.5 Å². The Bertz CT molecular complexity index is 344. The fraction of sp³-hybridized carbons (Fsp3) is 0.600. The number of benzene rings is 1. The lowest BCUT2D eigenvalue weighted by atomic mass is 10.1. The first kappa shape index (κ1) is 13.9. The number of nitrogens with one attached hydrogen (secondary N) is 1. The molecule has 1 heterocycles.